The summed E-state index contributed by atoms with van der Waals surface area (Å²) in [4.78, 5) is 4.02. The summed E-state index contributed by atoms with van der Waals surface area (Å²) in [5.74, 6) is 0.377. The molecule has 0 saturated carbocycles. The lowest BCUT2D eigenvalue weighted by molar-refractivity contribution is 0.0140. The predicted molar refractivity (Wildman–Crippen MR) is 90.3 cm³/mol. The molecule has 1 aromatic heterocycles. The number of hydrogen-bond acceptors (Lipinski definition) is 4. The second kappa shape index (κ2) is 6.01. The van der Waals surface area contributed by atoms with Crippen LogP contribution < -0.4 is 4.90 Å². The van der Waals surface area contributed by atoms with Gasteiger partial charge >= 0.3 is 0 Å². The molecule has 0 amide bonds. The Labute approximate surface area is 135 Å². The zero-order valence-corrected chi connectivity index (χ0v) is 13.2. The van der Waals surface area contributed by atoms with E-state index in [1.807, 2.05) is 30.3 Å². The standard InChI is InChI=1S/C18H20N4O/c1-21(15-7-3-2-4-8-15)13-14-11-12-23-18(14)22-19-16-9-5-6-10-17(16)20-22/h2-10,14,18H,11-13H2,1H3/t14-,18+/m1/s1. The normalized spacial score (nSPS) is 20.9. The van der Waals surface area contributed by atoms with Gasteiger partial charge in [-0.1, -0.05) is 30.3 Å². The molecule has 5 nitrogen and oxygen atoms in total. The highest BCUT2D eigenvalue weighted by atomic mass is 16.5. The average Bonchev–Trinajstić information content (AvgIpc) is 3.21. The third-order valence-electron chi connectivity index (χ3n) is 4.42. The van der Waals surface area contributed by atoms with E-state index in [-0.39, 0.29) is 6.23 Å². The quantitative estimate of drug-likeness (QED) is 0.743. The van der Waals surface area contributed by atoms with E-state index in [9.17, 15) is 0 Å². The molecule has 0 unspecified atom stereocenters. The first kappa shape index (κ1) is 14.2. The largest absolute Gasteiger partial charge is 0.374 e. The van der Waals surface area contributed by atoms with Crippen LogP contribution in [-0.4, -0.2) is 35.2 Å². The summed E-state index contributed by atoms with van der Waals surface area (Å²) in [7, 11) is 2.12. The maximum Gasteiger partial charge on any atom is 0.173 e. The van der Waals surface area contributed by atoms with Crippen LogP contribution in [0.25, 0.3) is 11.0 Å². The van der Waals surface area contributed by atoms with Crippen LogP contribution >= 0.6 is 0 Å². The van der Waals surface area contributed by atoms with Gasteiger partial charge in [0.05, 0.1) is 0 Å². The van der Waals surface area contributed by atoms with E-state index in [0.717, 1.165) is 30.6 Å². The summed E-state index contributed by atoms with van der Waals surface area (Å²) in [6.45, 7) is 1.68. The minimum Gasteiger partial charge on any atom is -0.374 e. The third kappa shape index (κ3) is 2.80. The Kier molecular flexibility index (Phi) is 3.71. The Morgan fingerprint density at radius 1 is 1.04 bits per heavy atom. The highest BCUT2D eigenvalue weighted by Crippen LogP contribution is 2.31. The Hall–Kier alpha value is -2.40. The van der Waals surface area contributed by atoms with Crippen molar-refractivity contribution in [1.82, 2.24) is 15.0 Å². The van der Waals surface area contributed by atoms with Crippen molar-refractivity contribution in [3.8, 4) is 0 Å². The molecule has 0 N–H and O–H groups in total. The number of nitrogens with zero attached hydrogens (tertiary/aromatic N) is 4. The van der Waals surface area contributed by atoms with Gasteiger partial charge in [-0.15, -0.1) is 0 Å². The van der Waals surface area contributed by atoms with E-state index < -0.39 is 0 Å². The van der Waals surface area contributed by atoms with Gasteiger partial charge in [-0.2, -0.15) is 15.0 Å². The number of hydrogen-bond donors (Lipinski definition) is 0. The summed E-state index contributed by atoms with van der Waals surface area (Å²) >= 11 is 0. The number of benzene rings is 2. The molecule has 2 aromatic carbocycles. The number of anilines is 1. The molecule has 1 fully saturated rings. The average molecular weight is 308 g/mol. The Balaban J connectivity index is 1.54. The minimum atomic E-state index is -0.0893. The highest BCUT2D eigenvalue weighted by molar-refractivity contribution is 5.72. The predicted octanol–water partition coefficient (Wildman–Crippen LogP) is 3.10. The van der Waals surface area contributed by atoms with Gasteiger partial charge in [-0.05, 0) is 30.7 Å². The zero-order valence-electron chi connectivity index (χ0n) is 13.2. The van der Waals surface area contributed by atoms with Crippen LogP contribution in [0.1, 0.15) is 12.6 Å². The van der Waals surface area contributed by atoms with Crippen molar-refractivity contribution in [2.45, 2.75) is 12.6 Å². The first-order chi connectivity index (χ1) is 11.3. The summed E-state index contributed by atoms with van der Waals surface area (Å²) in [6.07, 6.45) is 0.938. The van der Waals surface area contributed by atoms with Gasteiger partial charge in [0.15, 0.2) is 6.23 Å². The number of aromatic nitrogens is 3. The highest BCUT2D eigenvalue weighted by Gasteiger charge is 2.32. The Morgan fingerprint density at radius 2 is 1.70 bits per heavy atom. The van der Waals surface area contributed by atoms with Crippen LogP contribution in [0.2, 0.25) is 0 Å². The van der Waals surface area contributed by atoms with Crippen molar-refractivity contribution >= 4 is 16.7 Å². The summed E-state index contributed by atoms with van der Waals surface area (Å²) < 4.78 is 5.93. The maximum atomic E-state index is 5.93. The molecule has 1 saturated heterocycles. The lowest BCUT2D eigenvalue weighted by Gasteiger charge is -2.25. The molecular weight excluding hydrogens is 288 g/mol. The van der Waals surface area contributed by atoms with Crippen molar-refractivity contribution in [3.63, 3.8) is 0 Å². The van der Waals surface area contributed by atoms with Crippen molar-refractivity contribution in [3.05, 3.63) is 54.6 Å². The Morgan fingerprint density at radius 3 is 2.39 bits per heavy atom. The molecule has 0 bridgehead atoms. The van der Waals surface area contributed by atoms with E-state index >= 15 is 0 Å². The fraction of sp³-hybridized carbons (Fsp3) is 0.333. The minimum absolute atomic E-state index is 0.0893. The van der Waals surface area contributed by atoms with E-state index in [4.69, 9.17) is 4.74 Å². The molecule has 23 heavy (non-hydrogen) atoms. The second-order valence-corrected chi connectivity index (χ2v) is 6.04. The smallest absolute Gasteiger partial charge is 0.173 e. The molecule has 1 aliphatic rings. The SMILES string of the molecule is CN(C[C@H]1CCO[C@@H]1n1nc2ccccc2n1)c1ccccc1. The molecule has 0 radical (unpaired) electrons. The van der Waals surface area contributed by atoms with Crippen LogP contribution in [-0.2, 0) is 4.74 Å². The van der Waals surface area contributed by atoms with Crippen molar-refractivity contribution < 1.29 is 4.74 Å². The fourth-order valence-corrected chi connectivity index (χ4v) is 3.19. The summed E-state index contributed by atoms with van der Waals surface area (Å²) in [5, 5.41) is 9.17. The van der Waals surface area contributed by atoms with Crippen LogP contribution in [0.5, 0.6) is 0 Å². The molecule has 2 heterocycles. The maximum absolute atomic E-state index is 5.93. The van der Waals surface area contributed by atoms with Crippen LogP contribution in [0.3, 0.4) is 0 Å². The van der Waals surface area contributed by atoms with Crippen LogP contribution in [0, 0.1) is 5.92 Å². The fourth-order valence-electron chi connectivity index (χ4n) is 3.19. The molecule has 118 valence electrons. The van der Waals surface area contributed by atoms with Gasteiger partial charge in [-0.25, -0.2) is 0 Å². The van der Waals surface area contributed by atoms with Gasteiger partial charge in [0, 0.05) is 31.8 Å². The van der Waals surface area contributed by atoms with E-state index in [0.29, 0.717) is 5.92 Å². The monoisotopic (exact) mass is 308 g/mol. The lowest BCUT2D eigenvalue weighted by Crippen LogP contribution is -2.30. The molecular formula is C18H20N4O. The third-order valence-corrected chi connectivity index (χ3v) is 4.42. The van der Waals surface area contributed by atoms with Gasteiger partial charge in [-0.3, -0.25) is 0 Å². The zero-order chi connectivity index (χ0) is 15.6. The van der Waals surface area contributed by atoms with Gasteiger partial charge in [0.2, 0.25) is 0 Å². The van der Waals surface area contributed by atoms with E-state index in [1.165, 1.54) is 5.69 Å². The summed E-state index contributed by atoms with van der Waals surface area (Å²) in [5.41, 5.74) is 3.05. The topological polar surface area (TPSA) is 43.2 Å². The molecule has 2 atom stereocenters. The van der Waals surface area contributed by atoms with Crippen LogP contribution in [0.15, 0.2) is 54.6 Å². The second-order valence-electron chi connectivity index (χ2n) is 6.04. The van der Waals surface area contributed by atoms with Gasteiger partial charge in [0.1, 0.15) is 11.0 Å². The number of rotatable bonds is 4. The number of para-hydroxylation sites is 1. The molecule has 4 rings (SSSR count). The molecule has 0 aliphatic carbocycles. The first-order valence-electron chi connectivity index (χ1n) is 8.00. The van der Waals surface area contributed by atoms with Crippen molar-refractivity contribution in [1.29, 1.82) is 0 Å². The van der Waals surface area contributed by atoms with Gasteiger partial charge in [0.25, 0.3) is 0 Å². The number of ether oxygens (including phenoxy) is 1. The van der Waals surface area contributed by atoms with Crippen molar-refractivity contribution in [2.24, 2.45) is 5.92 Å². The molecule has 0 spiro atoms. The number of fused-ring (bicyclic) bond motifs is 1. The van der Waals surface area contributed by atoms with Gasteiger partial charge < -0.3 is 9.64 Å². The molecule has 1 aliphatic heterocycles. The molecule has 5 heteroatoms. The summed E-state index contributed by atoms with van der Waals surface area (Å²) in [6, 6.07) is 18.4. The van der Waals surface area contributed by atoms with E-state index in [2.05, 4.69) is 46.4 Å². The Bertz CT molecular complexity index is 753. The molecule has 3 aromatic rings. The van der Waals surface area contributed by atoms with E-state index in [1.54, 1.807) is 4.80 Å². The lowest BCUT2D eigenvalue weighted by atomic mass is 10.1. The van der Waals surface area contributed by atoms with Crippen molar-refractivity contribution in [2.75, 3.05) is 25.1 Å². The van der Waals surface area contributed by atoms with Crippen LogP contribution in [0.4, 0.5) is 5.69 Å². The first-order valence-corrected chi connectivity index (χ1v) is 8.00.